The van der Waals surface area contributed by atoms with Crippen LogP contribution in [0.2, 0.25) is 0 Å². The standard InChI is InChI=1S/C15H18N2O/c18-15(12-8-4-5-9-12)13-10-16-17-14(13)11-6-2-1-3-7-11/h1-3,6-7,10,12,15,18H,4-5,8-9H2,(H,16,17). The number of nitrogens with one attached hydrogen (secondary N) is 1. The highest BCUT2D eigenvalue weighted by Gasteiger charge is 2.27. The van der Waals surface area contributed by atoms with Gasteiger partial charge in [0.1, 0.15) is 0 Å². The van der Waals surface area contributed by atoms with Crippen molar-refractivity contribution in [2.24, 2.45) is 5.92 Å². The molecule has 2 aromatic rings. The molecule has 2 N–H and O–H groups in total. The summed E-state index contributed by atoms with van der Waals surface area (Å²) < 4.78 is 0. The summed E-state index contributed by atoms with van der Waals surface area (Å²) in [6, 6.07) is 10.1. The van der Waals surface area contributed by atoms with Crippen LogP contribution in [0.15, 0.2) is 36.5 Å². The van der Waals surface area contributed by atoms with Gasteiger partial charge in [0.05, 0.1) is 18.0 Å². The van der Waals surface area contributed by atoms with Crippen LogP contribution in [0.3, 0.4) is 0 Å². The van der Waals surface area contributed by atoms with Crippen LogP contribution in [0, 0.1) is 5.92 Å². The lowest BCUT2D eigenvalue weighted by Crippen LogP contribution is -2.09. The van der Waals surface area contributed by atoms with Crippen LogP contribution in [0.25, 0.3) is 11.3 Å². The van der Waals surface area contributed by atoms with Crippen molar-refractivity contribution in [3.8, 4) is 11.3 Å². The predicted molar refractivity (Wildman–Crippen MR) is 70.9 cm³/mol. The average molecular weight is 242 g/mol. The van der Waals surface area contributed by atoms with E-state index in [4.69, 9.17) is 0 Å². The molecule has 1 fully saturated rings. The largest absolute Gasteiger partial charge is 0.388 e. The summed E-state index contributed by atoms with van der Waals surface area (Å²) >= 11 is 0. The van der Waals surface area contributed by atoms with Crippen LogP contribution in [-0.2, 0) is 0 Å². The van der Waals surface area contributed by atoms with Crippen LogP contribution in [0.4, 0.5) is 0 Å². The van der Waals surface area contributed by atoms with E-state index in [1.54, 1.807) is 6.20 Å². The molecule has 94 valence electrons. The number of hydrogen-bond acceptors (Lipinski definition) is 2. The van der Waals surface area contributed by atoms with Crippen molar-refractivity contribution in [1.82, 2.24) is 10.2 Å². The van der Waals surface area contributed by atoms with Gasteiger partial charge in [0.2, 0.25) is 0 Å². The zero-order valence-electron chi connectivity index (χ0n) is 10.3. The molecule has 3 heteroatoms. The zero-order chi connectivity index (χ0) is 12.4. The fraction of sp³-hybridized carbons (Fsp3) is 0.400. The Morgan fingerprint density at radius 1 is 1.17 bits per heavy atom. The minimum Gasteiger partial charge on any atom is -0.388 e. The Hall–Kier alpha value is -1.61. The Morgan fingerprint density at radius 2 is 1.89 bits per heavy atom. The lowest BCUT2D eigenvalue weighted by molar-refractivity contribution is 0.112. The summed E-state index contributed by atoms with van der Waals surface area (Å²) in [5, 5.41) is 17.6. The molecule has 1 unspecified atom stereocenters. The lowest BCUT2D eigenvalue weighted by Gasteiger charge is -2.17. The Bertz CT molecular complexity index is 500. The summed E-state index contributed by atoms with van der Waals surface area (Å²) in [7, 11) is 0. The first-order valence-electron chi connectivity index (χ1n) is 6.63. The normalized spacial score (nSPS) is 18.1. The van der Waals surface area contributed by atoms with Crippen molar-refractivity contribution in [3.05, 3.63) is 42.1 Å². The van der Waals surface area contributed by atoms with E-state index in [0.29, 0.717) is 5.92 Å². The molecule has 1 aliphatic rings. The SMILES string of the molecule is OC(c1cn[nH]c1-c1ccccc1)C1CCCC1. The number of aliphatic hydroxyl groups is 1. The first-order chi connectivity index (χ1) is 8.86. The number of benzene rings is 1. The molecular weight excluding hydrogens is 224 g/mol. The predicted octanol–water partition coefficient (Wildman–Crippen LogP) is 3.30. The Kier molecular flexibility index (Phi) is 3.15. The number of aromatic nitrogens is 2. The van der Waals surface area contributed by atoms with Crippen molar-refractivity contribution < 1.29 is 5.11 Å². The maximum Gasteiger partial charge on any atom is 0.0854 e. The Balaban J connectivity index is 1.91. The van der Waals surface area contributed by atoms with E-state index in [1.807, 2.05) is 30.3 Å². The van der Waals surface area contributed by atoms with Crippen molar-refractivity contribution in [3.63, 3.8) is 0 Å². The third-order valence-corrected chi connectivity index (χ3v) is 3.90. The molecule has 18 heavy (non-hydrogen) atoms. The summed E-state index contributed by atoms with van der Waals surface area (Å²) in [6.07, 6.45) is 6.11. The molecule has 0 radical (unpaired) electrons. The van der Waals surface area contributed by atoms with Gasteiger partial charge in [-0.05, 0) is 24.3 Å². The molecule has 0 amide bonds. The van der Waals surface area contributed by atoms with Gasteiger partial charge in [-0.2, -0.15) is 5.10 Å². The number of nitrogens with zero attached hydrogens (tertiary/aromatic N) is 1. The van der Waals surface area contributed by atoms with Crippen LogP contribution < -0.4 is 0 Å². The molecule has 1 heterocycles. The van der Waals surface area contributed by atoms with Gasteiger partial charge in [0.25, 0.3) is 0 Å². The summed E-state index contributed by atoms with van der Waals surface area (Å²) in [6.45, 7) is 0. The lowest BCUT2D eigenvalue weighted by atomic mass is 9.93. The van der Waals surface area contributed by atoms with Gasteiger partial charge in [0.15, 0.2) is 0 Å². The topological polar surface area (TPSA) is 48.9 Å². The summed E-state index contributed by atoms with van der Waals surface area (Å²) in [5.74, 6) is 0.394. The summed E-state index contributed by atoms with van der Waals surface area (Å²) in [5.41, 5.74) is 2.98. The van der Waals surface area contributed by atoms with Gasteiger partial charge in [-0.3, -0.25) is 5.10 Å². The number of rotatable bonds is 3. The first-order valence-corrected chi connectivity index (χ1v) is 6.63. The van der Waals surface area contributed by atoms with E-state index in [1.165, 1.54) is 12.8 Å². The van der Waals surface area contributed by atoms with Crippen molar-refractivity contribution in [2.75, 3.05) is 0 Å². The highest BCUT2D eigenvalue weighted by molar-refractivity contribution is 5.62. The Labute approximate surface area is 107 Å². The minimum absolute atomic E-state index is 0.388. The van der Waals surface area contributed by atoms with Gasteiger partial charge >= 0.3 is 0 Å². The highest BCUT2D eigenvalue weighted by atomic mass is 16.3. The second-order valence-electron chi connectivity index (χ2n) is 5.06. The third-order valence-electron chi connectivity index (χ3n) is 3.90. The van der Waals surface area contributed by atoms with Gasteiger partial charge in [0, 0.05) is 5.56 Å². The first kappa shape index (κ1) is 11.5. The van der Waals surface area contributed by atoms with Gasteiger partial charge in [-0.25, -0.2) is 0 Å². The van der Waals surface area contributed by atoms with Gasteiger partial charge < -0.3 is 5.11 Å². The number of aromatic amines is 1. The fourth-order valence-electron chi connectivity index (χ4n) is 2.88. The second kappa shape index (κ2) is 4.94. The van der Waals surface area contributed by atoms with E-state index in [2.05, 4.69) is 10.2 Å². The van der Waals surface area contributed by atoms with Crippen molar-refractivity contribution >= 4 is 0 Å². The molecule has 0 saturated heterocycles. The molecule has 0 bridgehead atoms. The zero-order valence-corrected chi connectivity index (χ0v) is 10.3. The molecule has 1 saturated carbocycles. The molecule has 1 aromatic carbocycles. The molecule has 0 spiro atoms. The van der Waals surface area contributed by atoms with E-state index >= 15 is 0 Å². The van der Waals surface area contributed by atoms with Crippen molar-refractivity contribution in [2.45, 2.75) is 31.8 Å². The van der Waals surface area contributed by atoms with Crippen LogP contribution >= 0.6 is 0 Å². The van der Waals surface area contributed by atoms with Crippen molar-refractivity contribution in [1.29, 1.82) is 0 Å². The maximum atomic E-state index is 10.5. The van der Waals surface area contributed by atoms with Crippen LogP contribution in [0.5, 0.6) is 0 Å². The van der Waals surface area contributed by atoms with Crippen LogP contribution in [0.1, 0.15) is 37.4 Å². The molecule has 1 aliphatic carbocycles. The number of H-pyrrole nitrogens is 1. The monoisotopic (exact) mass is 242 g/mol. The fourth-order valence-corrected chi connectivity index (χ4v) is 2.88. The van der Waals surface area contributed by atoms with Gasteiger partial charge in [-0.15, -0.1) is 0 Å². The Morgan fingerprint density at radius 3 is 2.61 bits per heavy atom. The average Bonchev–Trinajstić information content (AvgIpc) is 3.10. The van der Waals surface area contributed by atoms with E-state index in [0.717, 1.165) is 29.7 Å². The quantitative estimate of drug-likeness (QED) is 0.867. The number of hydrogen-bond donors (Lipinski definition) is 2. The maximum absolute atomic E-state index is 10.5. The highest BCUT2D eigenvalue weighted by Crippen LogP contribution is 2.38. The van der Waals surface area contributed by atoms with Gasteiger partial charge in [-0.1, -0.05) is 43.2 Å². The van der Waals surface area contributed by atoms with E-state index in [-0.39, 0.29) is 6.10 Å². The molecule has 1 atom stereocenters. The van der Waals surface area contributed by atoms with Crippen LogP contribution in [-0.4, -0.2) is 15.3 Å². The smallest absolute Gasteiger partial charge is 0.0854 e. The molecule has 1 aromatic heterocycles. The molecule has 3 nitrogen and oxygen atoms in total. The minimum atomic E-state index is -0.388. The molecule has 0 aliphatic heterocycles. The molecule has 3 rings (SSSR count). The third kappa shape index (κ3) is 2.06. The van der Waals surface area contributed by atoms with E-state index in [9.17, 15) is 5.11 Å². The molecular formula is C15H18N2O. The van der Waals surface area contributed by atoms with E-state index < -0.39 is 0 Å². The summed E-state index contributed by atoms with van der Waals surface area (Å²) in [4.78, 5) is 0. The second-order valence-corrected chi connectivity index (χ2v) is 5.06. The number of aliphatic hydroxyl groups excluding tert-OH is 1.